The summed E-state index contributed by atoms with van der Waals surface area (Å²) in [5.74, 6) is 0.945. The molecule has 25 heavy (non-hydrogen) atoms. The summed E-state index contributed by atoms with van der Waals surface area (Å²) in [6, 6.07) is 14.4. The molecule has 3 aromatic rings. The minimum absolute atomic E-state index is 0.259. The number of piperidine rings is 1. The number of hydrogen-bond donors (Lipinski definition) is 0. The molecule has 5 nitrogen and oxygen atoms in total. The van der Waals surface area contributed by atoms with Gasteiger partial charge in [0.25, 0.3) is 0 Å². The Bertz CT molecular complexity index is 921. The number of halogens is 1. The zero-order valence-electron chi connectivity index (χ0n) is 13.6. The van der Waals surface area contributed by atoms with Crippen LogP contribution in [0.5, 0.6) is 5.75 Å². The van der Waals surface area contributed by atoms with Crippen LogP contribution in [0.3, 0.4) is 0 Å². The van der Waals surface area contributed by atoms with E-state index >= 15 is 0 Å². The summed E-state index contributed by atoms with van der Waals surface area (Å²) in [4.78, 5) is 2.35. The Balaban J connectivity index is 1.41. The van der Waals surface area contributed by atoms with Gasteiger partial charge in [0.1, 0.15) is 17.9 Å². The number of nitriles is 1. The molecule has 1 aliphatic rings. The van der Waals surface area contributed by atoms with Crippen LogP contribution in [-0.2, 0) is 0 Å². The molecule has 1 aliphatic heterocycles. The highest BCUT2D eigenvalue weighted by Gasteiger charge is 2.21. The molecule has 0 amide bonds. The molecule has 0 N–H and O–H groups in total. The molecule has 6 heteroatoms. The van der Waals surface area contributed by atoms with E-state index in [1.165, 1.54) is 3.57 Å². The van der Waals surface area contributed by atoms with E-state index in [-0.39, 0.29) is 6.10 Å². The highest BCUT2D eigenvalue weighted by atomic mass is 127. The third kappa shape index (κ3) is 3.42. The monoisotopic (exact) mass is 444 g/mol. The third-order valence-corrected chi connectivity index (χ3v) is 5.26. The van der Waals surface area contributed by atoms with Gasteiger partial charge < -0.3 is 9.64 Å². The first-order valence-corrected chi connectivity index (χ1v) is 9.35. The molecule has 126 valence electrons. The highest BCUT2D eigenvalue weighted by Crippen LogP contribution is 2.24. The summed E-state index contributed by atoms with van der Waals surface area (Å²) in [5.41, 5.74) is 2.59. The number of aromatic nitrogens is 2. The van der Waals surface area contributed by atoms with E-state index in [4.69, 9.17) is 10.00 Å². The van der Waals surface area contributed by atoms with Crippen molar-refractivity contribution < 1.29 is 4.74 Å². The van der Waals surface area contributed by atoms with E-state index in [0.717, 1.165) is 42.9 Å². The van der Waals surface area contributed by atoms with Crippen LogP contribution in [0, 0.1) is 14.9 Å². The Morgan fingerprint density at radius 3 is 2.60 bits per heavy atom. The van der Waals surface area contributed by atoms with Crippen LogP contribution in [-0.4, -0.2) is 28.8 Å². The number of anilines is 1. The fourth-order valence-electron chi connectivity index (χ4n) is 3.18. The molecule has 0 aliphatic carbocycles. The van der Waals surface area contributed by atoms with Gasteiger partial charge in [-0.1, -0.05) is 0 Å². The van der Waals surface area contributed by atoms with Crippen molar-refractivity contribution in [3.8, 4) is 11.8 Å². The Morgan fingerprint density at radius 1 is 1.12 bits per heavy atom. The van der Waals surface area contributed by atoms with Crippen molar-refractivity contribution >= 4 is 33.8 Å². The lowest BCUT2D eigenvalue weighted by molar-refractivity contribution is 0.171. The van der Waals surface area contributed by atoms with E-state index in [1.54, 1.807) is 10.7 Å². The van der Waals surface area contributed by atoms with Gasteiger partial charge in [0.15, 0.2) is 0 Å². The van der Waals surface area contributed by atoms with E-state index in [1.807, 2.05) is 24.4 Å². The molecular formula is C19H17IN4O. The normalized spacial score (nSPS) is 15.3. The number of ether oxygens (including phenoxy) is 1. The SMILES string of the molecule is N#Cc1cnn2cc(N3CCC(Oc4ccc(I)cc4)CC3)ccc12. The first kappa shape index (κ1) is 16.2. The van der Waals surface area contributed by atoms with Gasteiger partial charge in [-0.25, -0.2) is 4.52 Å². The van der Waals surface area contributed by atoms with Gasteiger partial charge in [-0.05, 0) is 59.0 Å². The molecule has 0 unspecified atom stereocenters. The fourth-order valence-corrected chi connectivity index (χ4v) is 3.54. The summed E-state index contributed by atoms with van der Waals surface area (Å²) in [6.07, 6.45) is 5.85. The zero-order valence-corrected chi connectivity index (χ0v) is 15.8. The average molecular weight is 444 g/mol. The van der Waals surface area contributed by atoms with Crippen LogP contribution < -0.4 is 9.64 Å². The van der Waals surface area contributed by atoms with Gasteiger partial charge in [0.2, 0.25) is 0 Å². The second-order valence-corrected chi connectivity index (χ2v) is 7.39. The summed E-state index contributed by atoms with van der Waals surface area (Å²) < 4.78 is 9.09. The Morgan fingerprint density at radius 2 is 1.88 bits per heavy atom. The van der Waals surface area contributed by atoms with Gasteiger partial charge in [0, 0.05) is 29.5 Å². The fraction of sp³-hybridized carbons (Fsp3) is 0.263. The summed E-state index contributed by atoms with van der Waals surface area (Å²) in [6.45, 7) is 1.90. The second kappa shape index (κ2) is 6.92. The Kier molecular flexibility index (Phi) is 4.49. The second-order valence-electron chi connectivity index (χ2n) is 6.15. The Hall–Kier alpha value is -2.27. The molecule has 3 heterocycles. The van der Waals surface area contributed by atoms with Crippen LogP contribution >= 0.6 is 22.6 Å². The molecule has 0 spiro atoms. The van der Waals surface area contributed by atoms with Crippen molar-refractivity contribution in [1.29, 1.82) is 5.26 Å². The maximum Gasteiger partial charge on any atom is 0.119 e. The number of fused-ring (bicyclic) bond motifs is 1. The van der Waals surface area contributed by atoms with Crippen LogP contribution in [0.1, 0.15) is 18.4 Å². The molecule has 4 rings (SSSR count). The molecule has 2 aromatic heterocycles. The summed E-state index contributed by atoms with van der Waals surface area (Å²) in [7, 11) is 0. The predicted octanol–water partition coefficient (Wildman–Crippen LogP) is 3.86. The molecular weight excluding hydrogens is 427 g/mol. The van der Waals surface area contributed by atoms with E-state index in [0.29, 0.717) is 5.56 Å². The maximum atomic E-state index is 9.08. The summed E-state index contributed by atoms with van der Waals surface area (Å²) in [5, 5.41) is 13.3. The maximum absolute atomic E-state index is 9.08. The molecule has 0 radical (unpaired) electrons. The van der Waals surface area contributed by atoms with Crippen molar-refractivity contribution in [2.45, 2.75) is 18.9 Å². The van der Waals surface area contributed by atoms with Crippen LogP contribution in [0.4, 0.5) is 5.69 Å². The summed E-state index contributed by atoms with van der Waals surface area (Å²) >= 11 is 2.30. The van der Waals surface area contributed by atoms with Gasteiger partial charge in [0.05, 0.1) is 29.2 Å². The molecule has 0 bridgehead atoms. The van der Waals surface area contributed by atoms with E-state index in [9.17, 15) is 0 Å². The predicted molar refractivity (Wildman–Crippen MR) is 105 cm³/mol. The van der Waals surface area contributed by atoms with E-state index in [2.05, 4.69) is 56.9 Å². The average Bonchev–Trinajstić information content (AvgIpc) is 3.06. The lowest BCUT2D eigenvalue weighted by Crippen LogP contribution is -2.38. The largest absolute Gasteiger partial charge is 0.490 e. The lowest BCUT2D eigenvalue weighted by Gasteiger charge is -2.33. The minimum Gasteiger partial charge on any atom is -0.490 e. The van der Waals surface area contributed by atoms with E-state index < -0.39 is 0 Å². The first-order chi connectivity index (χ1) is 12.2. The molecule has 1 saturated heterocycles. The minimum atomic E-state index is 0.259. The molecule has 0 atom stereocenters. The third-order valence-electron chi connectivity index (χ3n) is 4.54. The number of hydrogen-bond acceptors (Lipinski definition) is 4. The smallest absolute Gasteiger partial charge is 0.119 e. The van der Waals surface area contributed by atoms with Crippen molar-refractivity contribution in [3.05, 3.63) is 57.9 Å². The quantitative estimate of drug-likeness (QED) is 0.576. The van der Waals surface area contributed by atoms with Gasteiger partial charge >= 0.3 is 0 Å². The number of benzene rings is 1. The first-order valence-electron chi connectivity index (χ1n) is 8.27. The number of pyridine rings is 1. The van der Waals surface area contributed by atoms with Gasteiger partial charge in [-0.15, -0.1) is 0 Å². The number of rotatable bonds is 3. The topological polar surface area (TPSA) is 53.6 Å². The van der Waals surface area contributed by atoms with Gasteiger partial charge in [-0.2, -0.15) is 10.4 Å². The molecule has 0 saturated carbocycles. The zero-order chi connectivity index (χ0) is 17.2. The highest BCUT2D eigenvalue weighted by molar-refractivity contribution is 14.1. The Labute approximate surface area is 160 Å². The van der Waals surface area contributed by atoms with Crippen molar-refractivity contribution in [1.82, 2.24) is 9.61 Å². The van der Waals surface area contributed by atoms with Crippen molar-refractivity contribution in [2.24, 2.45) is 0 Å². The van der Waals surface area contributed by atoms with Crippen molar-refractivity contribution in [3.63, 3.8) is 0 Å². The molecule has 1 aromatic carbocycles. The van der Waals surface area contributed by atoms with Gasteiger partial charge in [-0.3, -0.25) is 0 Å². The number of nitrogens with zero attached hydrogens (tertiary/aromatic N) is 4. The van der Waals surface area contributed by atoms with Crippen LogP contribution in [0.15, 0.2) is 48.8 Å². The van der Waals surface area contributed by atoms with Crippen molar-refractivity contribution in [2.75, 3.05) is 18.0 Å². The molecule has 1 fully saturated rings. The van der Waals surface area contributed by atoms with Crippen LogP contribution in [0.2, 0.25) is 0 Å². The standard InChI is InChI=1S/C19H17IN4O/c20-15-1-4-17(5-2-15)25-18-7-9-23(10-8-18)16-3-6-19-14(11-21)12-22-24(19)13-16/h1-6,12-13,18H,7-10H2. The van der Waals surface area contributed by atoms with Crippen LogP contribution in [0.25, 0.3) is 5.52 Å². The lowest BCUT2D eigenvalue weighted by atomic mass is 10.1.